The van der Waals surface area contributed by atoms with Crippen LogP contribution >= 0.6 is 31.9 Å². The molecule has 0 amide bonds. The molecule has 8 nitrogen and oxygen atoms in total. The minimum Gasteiger partial charge on any atom is -0.426 e. The van der Waals surface area contributed by atoms with Crippen LogP contribution in [0.4, 0.5) is 0 Å². The first-order chi connectivity index (χ1) is 24.5. The molecule has 5 aromatic carbocycles. The minimum absolute atomic E-state index is 0.297. The summed E-state index contributed by atoms with van der Waals surface area (Å²) in [4.78, 5) is 50.1. The number of alkyl halides is 2. The minimum atomic E-state index is -0.549. The van der Waals surface area contributed by atoms with Gasteiger partial charge in [0.15, 0.2) is 0 Å². The Morgan fingerprint density at radius 3 is 1.41 bits per heavy atom. The van der Waals surface area contributed by atoms with Gasteiger partial charge >= 0.3 is 23.9 Å². The molecule has 0 radical (unpaired) electrons. The number of carbonyl (C=O) groups is 4. The number of hydrogen-bond donors (Lipinski definition) is 0. The van der Waals surface area contributed by atoms with Crippen molar-refractivity contribution < 1.29 is 38.1 Å². The summed E-state index contributed by atoms with van der Waals surface area (Å²) in [5, 5.41) is 3.18. The molecule has 0 N–H and O–H groups in total. The van der Waals surface area contributed by atoms with E-state index in [1.165, 1.54) is 0 Å². The second-order valence-corrected chi connectivity index (χ2v) is 14.4. The first-order valence-electron chi connectivity index (χ1n) is 16.9. The Kier molecular flexibility index (Phi) is 13.0. The molecule has 0 aliphatic heterocycles. The lowest BCUT2D eigenvalue weighted by atomic mass is 10.1. The van der Waals surface area contributed by atoms with Gasteiger partial charge in [-0.2, -0.15) is 0 Å². The quantitative estimate of drug-likeness (QED) is 0.0620. The SMILES string of the molecule is CCCCC(Br)C(=O)Oc1ccc2cc(C(=O)Oc3ccc(OC(=O)c4ccc5cc(OC(=O)C(Br)CCCC)ccc5c4)c(C)c3)ccc2c1. The fourth-order valence-electron chi connectivity index (χ4n) is 5.32. The molecule has 2 atom stereocenters. The Morgan fingerprint density at radius 2 is 0.941 bits per heavy atom. The van der Waals surface area contributed by atoms with Gasteiger partial charge in [0.2, 0.25) is 0 Å². The van der Waals surface area contributed by atoms with Crippen molar-refractivity contribution in [1.29, 1.82) is 0 Å². The van der Waals surface area contributed by atoms with E-state index in [4.69, 9.17) is 18.9 Å². The van der Waals surface area contributed by atoms with Gasteiger partial charge in [0.25, 0.3) is 0 Å². The fourth-order valence-corrected chi connectivity index (χ4v) is 6.15. The van der Waals surface area contributed by atoms with Crippen LogP contribution in [0.15, 0.2) is 91.0 Å². The second kappa shape index (κ2) is 17.6. The molecule has 0 spiro atoms. The van der Waals surface area contributed by atoms with Crippen LogP contribution in [-0.2, 0) is 9.59 Å². The summed E-state index contributed by atoms with van der Waals surface area (Å²) in [6.07, 6.45) is 5.24. The van der Waals surface area contributed by atoms with Crippen LogP contribution in [0.2, 0.25) is 0 Å². The molecule has 0 aliphatic rings. The molecule has 10 heteroatoms. The molecule has 0 aromatic heterocycles. The maximum atomic E-state index is 13.1. The Bertz CT molecular complexity index is 2070. The maximum absolute atomic E-state index is 13.1. The summed E-state index contributed by atoms with van der Waals surface area (Å²) >= 11 is 6.79. The molecular formula is C41H38Br2O8. The summed E-state index contributed by atoms with van der Waals surface area (Å²) in [6.45, 7) is 5.89. The molecule has 5 rings (SSSR count). The summed E-state index contributed by atoms with van der Waals surface area (Å²) in [7, 11) is 0. The van der Waals surface area contributed by atoms with Crippen LogP contribution in [0.5, 0.6) is 23.0 Å². The molecule has 5 aromatic rings. The number of carbonyl (C=O) groups excluding carboxylic acids is 4. The van der Waals surface area contributed by atoms with E-state index in [-0.39, 0.29) is 21.6 Å². The predicted octanol–water partition coefficient (Wildman–Crippen LogP) is 10.5. The standard InChI is InChI=1S/C41H38Br2O8/c1-4-6-8-35(42)40(46)49-33-16-14-26-21-30(12-10-28(26)23-33)38(44)48-32-18-19-37(25(3)20-32)51-39(45)31-13-11-29-24-34(17-15-27(29)22-31)50-41(47)36(43)9-7-5-2/h10-24,35-36H,4-9H2,1-3H3. The van der Waals surface area contributed by atoms with E-state index >= 15 is 0 Å². The third kappa shape index (κ3) is 10.0. The van der Waals surface area contributed by atoms with Crippen LogP contribution in [0, 0.1) is 6.92 Å². The van der Waals surface area contributed by atoms with Crippen LogP contribution in [0.3, 0.4) is 0 Å². The topological polar surface area (TPSA) is 105 Å². The van der Waals surface area contributed by atoms with Gasteiger partial charge in [-0.15, -0.1) is 0 Å². The largest absolute Gasteiger partial charge is 0.426 e. The van der Waals surface area contributed by atoms with E-state index in [9.17, 15) is 19.2 Å². The Labute approximate surface area is 313 Å². The van der Waals surface area contributed by atoms with Gasteiger partial charge in [0, 0.05) is 0 Å². The molecular weight excluding hydrogens is 780 g/mol. The highest BCUT2D eigenvalue weighted by Crippen LogP contribution is 2.28. The predicted molar refractivity (Wildman–Crippen MR) is 205 cm³/mol. The Morgan fingerprint density at radius 1 is 0.529 bits per heavy atom. The summed E-state index contributed by atoms with van der Waals surface area (Å²) in [5.41, 5.74) is 1.30. The average Bonchev–Trinajstić information content (AvgIpc) is 3.13. The van der Waals surface area contributed by atoms with Crippen molar-refractivity contribution in [2.45, 2.75) is 69.0 Å². The van der Waals surface area contributed by atoms with Gasteiger partial charge in [-0.1, -0.05) is 95.7 Å². The summed E-state index contributed by atoms with van der Waals surface area (Å²) < 4.78 is 22.4. The van der Waals surface area contributed by atoms with Gasteiger partial charge < -0.3 is 18.9 Å². The highest BCUT2D eigenvalue weighted by atomic mass is 79.9. The van der Waals surface area contributed by atoms with Crippen LogP contribution < -0.4 is 18.9 Å². The third-order valence-electron chi connectivity index (χ3n) is 8.23. The smallest absolute Gasteiger partial charge is 0.343 e. The number of benzene rings is 5. The average molecular weight is 819 g/mol. The second-order valence-electron chi connectivity index (χ2n) is 12.2. The van der Waals surface area contributed by atoms with Crippen molar-refractivity contribution in [3.63, 3.8) is 0 Å². The first kappa shape index (κ1) is 37.7. The van der Waals surface area contributed by atoms with E-state index in [0.29, 0.717) is 52.5 Å². The molecule has 0 bridgehead atoms. The third-order valence-corrected chi connectivity index (χ3v) is 9.89. The zero-order valence-corrected chi connectivity index (χ0v) is 31.8. The lowest BCUT2D eigenvalue weighted by Gasteiger charge is -2.12. The van der Waals surface area contributed by atoms with Gasteiger partial charge in [-0.05, 0) is 114 Å². The molecule has 0 fully saturated rings. The number of fused-ring (bicyclic) bond motifs is 2. The van der Waals surface area contributed by atoms with E-state index in [1.54, 1.807) is 97.9 Å². The first-order valence-corrected chi connectivity index (χ1v) is 18.7. The highest BCUT2D eigenvalue weighted by Gasteiger charge is 2.19. The van der Waals surface area contributed by atoms with Gasteiger partial charge in [-0.25, -0.2) is 9.59 Å². The molecule has 0 heterocycles. The number of hydrogen-bond acceptors (Lipinski definition) is 8. The van der Waals surface area contributed by atoms with Crippen LogP contribution in [-0.4, -0.2) is 33.5 Å². The normalized spacial score (nSPS) is 12.3. The van der Waals surface area contributed by atoms with Crippen molar-refractivity contribution in [2.24, 2.45) is 0 Å². The monoisotopic (exact) mass is 816 g/mol. The molecule has 0 aliphatic carbocycles. The number of unbranched alkanes of at least 4 members (excludes halogenated alkanes) is 2. The van der Waals surface area contributed by atoms with Crippen molar-refractivity contribution in [1.82, 2.24) is 0 Å². The number of rotatable bonds is 14. The van der Waals surface area contributed by atoms with Crippen molar-refractivity contribution in [2.75, 3.05) is 0 Å². The van der Waals surface area contributed by atoms with Crippen molar-refractivity contribution in [3.8, 4) is 23.0 Å². The van der Waals surface area contributed by atoms with E-state index < -0.39 is 11.9 Å². The van der Waals surface area contributed by atoms with E-state index in [1.807, 2.05) is 0 Å². The van der Waals surface area contributed by atoms with Gasteiger partial charge in [0.1, 0.15) is 32.7 Å². The van der Waals surface area contributed by atoms with E-state index in [2.05, 4.69) is 45.7 Å². The van der Waals surface area contributed by atoms with E-state index in [0.717, 1.165) is 47.2 Å². The van der Waals surface area contributed by atoms with Crippen LogP contribution in [0.1, 0.15) is 78.7 Å². The Hall–Kier alpha value is -4.54. The van der Waals surface area contributed by atoms with Crippen molar-refractivity contribution >= 4 is 77.3 Å². The zero-order chi connectivity index (χ0) is 36.5. The zero-order valence-electron chi connectivity index (χ0n) is 28.6. The fraction of sp³-hybridized carbons (Fsp3) is 0.268. The number of halogens is 2. The molecule has 0 saturated heterocycles. The molecule has 264 valence electrons. The van der Waals surface area contributed by atoms with Crippen molar-refractivity contribution in [3.05, 3.63) is 108 Å². The molecule has 51 heavy (non-hydrogen) atoms. The lowest BCUT2D eigenvalue weighted by molar-refractivity contribution is -0.134. The molecule has 2 unspecified atom stereocenters. The van der Waals surface area contributed by atoms with Gasteiger partial charge in [-0.3, -0.25) is 9.59 Å². The summed E-state index contributed by atoms with van der Waals surface area (Å²) in [6, 6.07) is 25.5. The van der Waals surface area contributed by atoms with Crippen LogP contribution in [0.25, 0.3) is 21.5 Å². The van der Waals surface area contributed by atoms with Gasteiger partial charge in [0.05, 0.1) is 11.1 Å². The lowest BCUT2D eigenvalue weighted by Crippen LogP contribution is -2.20. The number of aryl methyl sites for hydroxylation is 1. The number of ether oxygens (including phenoxy) is 4. The molecule has 0 saturated carbocycles. The maximum Gasteiger partial charge on any atom is 0.343 e. The Balaban J connectivity index is 1.19. The highest BCUT2D eigenvalue weighted by molar-refractivity contribution is 9.10. The summed E-state index contributed by atoms with van der Waals surface area (Å²) in [5.74, 6) is -0.285. The number of esters is 4.